The molecule has 106 valence electrons. The first-order valence-electron chi connectivity index (χ1n) is 5.84. The number of hydrogen-bond donors (Lipinski definition) is 3. The maximum absolute atomic E-state index is 12.2. The molecule has 1 aromatic rings. The second-order valence-corrected chi connectivity index (χ2v) is 5.54. The molecule has 1 heterocycles. The Bertz CT molecular complexity index is 545. The first-order chi connectivity index (χ1) is 8.92. The van der Waals surface area contributed by atoms with Gasteiger partial charge in [-0.05, 0) is 19.9 Å². The quantitative estimate of drug-likeness (QED) is 0.679. The number of pyridine rings is 1. The molecule has 0 aliphatic heterocycles. The zero-order chi connectivity index (χ0) is 14.5. The fourth-order valence-electron chi connectivity index (χ4n) is 1.48. The number of rotatable bonds is 6. The molecule has 0 spiro atoms. The molecule has 0 saturated carbocycles. The lowest BCUT2D eigenvalue weighted by molar-refractivity contribution is -0.122. The van der Waals surface area contributed by atoms with Gasteiger partial charge in [0.05, 0.1) is 11.7 Å². The van der Waals surface area contributed by atoms with Crippen molar-refractivity contribution in [3.63, 3.8) is 0 Å². The van der Waals surface area contributed by atoms with Gasteiger partial charge in [-0.1, -0.05) is 0 Å². The predicted molar refractivity (Wildman–Crippen MR) is 72.3 cm³/mol. The highest BCUT2D eigenvalue weighted by Gasteiger charge is 2.23. The Balaban J connectivity index is 2.96. The van der Waals surface area contributed by atoms with Gasteiger partial charge in [-0.3, -0.25) is 9.78 Å². The molecular weight excluding hydrogens is 268 g/mol. The highest BCUT2D eigenvalue weighted by molar-refractivity contribution is 7.89. The number of carbonyl (C=O) groups is 1. The largest absolute Gasteiger partial charge is 0.387 e. The monoisotopic (exact) mass is 286 g/mol. The zero-order valence-corrected chi connectivity index (χ0v) is 11.9. The normalized spacial score (nSPS) is 12.8. The van der Waals surface area contributed by atoms with Crippen molar-refractivity contribution in [2.75, 3.05) is 18.9 Å². The Morgan fingerprint density at radius 3 is 2.74 bits per heavy atom. The van der Waals surface area contributed by atoms with Crippen molar-refractivity contribution >= 4 is 21.6 Å². The fraction of sp³-hybridized carbons (Fsp3) is 0.455. The van der Waals surface area contributed by atoms with E-state index in [4.69, 9.17) is 0 Å². The molecule has 0 aliphatic rings. The van der Waals surface area contributed by atoms with Gasteiger partial charge in [0.1, 0.15) is 4.90 Å². The van der Waals surface area contributed by atoms with Crippen LogP contribution >= 0.6 is 0 Å². The van der Waals surface area contributed by atoms with Crippen LogP contribution in [0.4, 0.5) is 5.69 Å². The van der Waals surface area contributed by atoms with Gasteiger partial charge in [0, 0.05) is 26.0 Å². The van der Waals surface area contributed by atoms with Gasteiger partial charge in [0.15, 0.2) is 0 Å². The van der Waals surface area contributed by atoms with E-state index >= 15 is 0 Å². The van der Waals surface area contributed by atoms with E-state index in [2.05, 4.69) is 20.3 Å². The third-order valence-electron chi connectivity index (χ3n) is 2.42. The highest BCUT2D eigenvalue weighted by Crippen LogP contribution is 2.18. The summed E-state index contributed by atoms with van der Waals surface area (Å²) in [7, 11) is -2.19. The van der Waals surface area contributed by atoms with Crippen molar-refractivity contribution in [3.05, 3.63) is 18.5 Å². The maximum Gasteiger partial charge on any atom is 0.244 e. The van der Waals surface area contributed by atoms with Crippen LogP contribution in [0, 0.1) is 0 Å². The second-order valence-electron chi connectivity index (χ2n) is 3.86. The minimum atomic E-state index is -3.80. The average Bonchev–Trinajstić information content (AvgIpc) is 2.38. The maximum atomic E-state index is 12.2. The fourth-order valence-corrected chi connectivity index (χ4v) is 2.84. The van der Waals surface area contributed by atoms with E-state index in [-0.39, 0.29) is 10.8 Å². The van der Waals surface area contributed by atoms with Gasteiger partial charge >= 0.3 is 0 Å². The van der Waals surface area contributed by atoms with Crippen LogP contribution in [-0.2, 0) is 14.8 Å². The van der Waals surface area contributed by atoms with Gasteiger partial charge in [-0.15, -0.1) is 0 Å². The molecule has 7 nitrogen and oxygen atoms in total. The summed E-state index contributed by atoms with van der Waals surface area (Å²) in [6.07, 6.45) is 2.72. The lowest BCUT2D eigenvalue weighted by Crippen LogP contribution is -2.44. The first-order valence-corrected chi connectivity index (χ1v) is 7.32. The lowest BCUT2D eigenvalue weighted by Gasteiger charge is -2.15. The summed E-state index contributed by atoms with van der Waals surface area (Å²) in [5.41, 5.74) is 0.422. The summed E-state index contributed by atoms with van der Waals surface area (Å²) in [5, 5.41) is 5.32. The molecule has 19 heavy (non-hydrogen) atoms. The summed E-state index contributed by atoms with van der Waals surface area (Å²) in [6, 6.07) is 0.695. The summed E-state index contributed by atoms with van der Waals surface area (Å²) in [6.45, 7) is 3.69. The van der Waals surface area contributed by atoms with E-state index in [1.165, 1.54) is 19.3 Å². The van der Waals surface area contributed by atoms with Crippen molar-refractivity contribution in [3.8, 4) is 0 Å². The van der Waals surface area contributed by atoms with E-state index in [1.807, 2.05) is 0 Å². The van der Waals surface area contributed by atoms with Crippen molar-refractivity contribution in [2.45, 2.75) is 24.8 Å². The smallest absolute Gasteiger partial charge is 0.244 e. The summed E-state index contributed by atoms with van der Waals surface area (Å²) in [5.74, 6) is -0.374. The third-order valence-corrected chi connectivity index (χ3v) is 3.99. The average molecular weight is 286 g/mol. The molecular formula is C11H18N4O3S. The van der Waals surface area contributed by atoms with Crippen molar-refractivity contribution in [1.29, 1.82) is 0 Å². The summed E-state index contributed by atoms with van der Waals surface area (Å²) < 4.78 is 26.6. The van der Waals surface area contributed by atoms with Crippen molar-refractivity contribution in [1.82, 2.24) is 15.0 Å². The van der Waals surface area contributed by atoms with Crippen LogP contribution in [0.25, 0.3) is 0 Å². The Kier molecular flexibility index (Phi) is 5.25. The SMILES string of the molecule is CCNC(=O)C(C)NS(=O)(=O)c1cnccc1NC. The standard InChI is InChI=1S/C11H18N4O3S/c1-4-14-11(16)8(2)15-19(17,18)10-7-13-6-5-9(10)12-3/h5-8,15H,4H2,1-3H3,(H,12,13)(H,14,16). The molecule has 1 aromatic heterocycles. The molecule has 0 aromatic carbocycles. The number of sulfonamides is 1. The van der Waals surface area contributed by atoms with Crippen LogP contribution < -0.4 is 15.4 Å². The number of likely N-dealkylation sites (N-methyl/N-ethyl adjacent to an activating group) is 1. The van der Waals surface area contributed by atoms with Crippen molar-refractivity contribution in [2.24, 2.45) is 0 Å². The summed E-state index contributed by atoms with van der Waals surface area (Å²) in [4.78, 5) is 15.3. The number of carbonyl (C=O) groups excluding carboxylic acids is 1. The van der Waals surface area contributed by atoms with Crippen LogP contribution in [0.3, 0.4) is 0 Å². The van der Waals surface area contributed by atoms with E-state index in [0.717, 1.165) is 0 Å². The molecule has 0 fully saturated rings. The Labute approximate surface area is 112 Å². The van der Waals surface area contributed by atoms with Gasteiger partial charge in [-0.25, -0.2) is 8.42 Å². The van der Waals surface area contributed by atoms with Gasteiger partial charge in [0.25, 0.3) is 0 Å². The number of amides is 1. The topological polar surface area (TPSA) is 100 Å². The molecule has 0 bridgehead atoms. The molecule has 0 radical (unpaired) electrons. The molecule has 1 atom stereocenters. The van der Waals surface area contributed by atoms with Crippen LogP contribution in [0.2, 0.25) is 0 Å². The van der Waals surface area contributed by atoms with Gasteiger partial charge in [-0.2, -0.15) is 4.72 Å². The van der Waals surface area contributed by atoms with E-state index in [0.29, 0.717) is 12.2 Å². The van der Waals surface area contributed by atoms with Crippen LogP contribution in [-0.4, -0.2) is 38.9 Å². The van der Waals surface area contributed by atoms with Crippen LogP contribution in [0.5, 0.6) is 0 Å². The number of hydrogen-bond acceptors (Lipinski definition) is 5. The van der Waals surface area contributed by atoms with E-state index in [9.17, 15) is 13.2 Å². The van der Waals surface area contributed by atoms with E-state index < -0.39 is 16.1 Å². The number of aromatic nitrogens is 1. The molecule has 1 amide bonds. The van der Waals surface area contributed by atoms with E-state index in [1.54, 1.807) is 20.0 Å². The lowest BCUT2D eigenvalue weighted by atomic mass is 10.3. The molecule has 0 saturated heterocycles. The first kappa shape index (κ1) is 15.4. The zero-order valence-electron chi connectivity index (χ0n) is 11.1. The van der Waals surface area contributed by atoms with Gasteiger partial charge < -0.3 is 10.6 Å². The summed E-state index contributed by atoms with van der Waals surface area (Å²) >= 11 is 0. The van der Waals surface area contributed by atoms with Crippen LogP contribution in [0.15, 0.2) is 23.4 Å². The number of anilines is 1. The van der Waals surface area contributed by atoms with Crippen molar-refractivity contribution < 1.29 is 13.2 Å². The van der Waals surface area contributed by atoms with Gasteiger partial charge in [0.2, 0.25) is 15.9 Å². The minimum absolute atomic E-state index is 0.00801. The Hall–Kier alpha value is -1.67. The predicted octanol–water partition coefficient (Wildman–Crippen LogP) is -0.0738. The minimum Gasteiger partial charge on any atom is -0.387 e. The van der Waals surface area contributed by atoms with Crippen LogP contribution in [0.1, 0.15) is 13.8 Å². The molecule has 1 unspecified atom stereocenters. The Morgan fingerprint density at radius 2 is 2.16 bits per heavy atom. The number of nitrogens with zero attached hydrogens (tertiary/aromatic N) is 1. The molecule has 1 rings (SSSR count). The second kappa shape index (κ2) is 6.48. The number of nitrogens with one attached hydrogen (secondary N) is 3. The molecule has 3 N–H and O–H groups in total. The Morgan fingerprint density at radius 1 is 1.47 bits per heavy atom. The third kappa shape index (κ3) is 3.90. The molecule has 0 aliphatic carbocycles. The molecule has 8 heteroatoms. The highest BCUT2D eigenvalue weighted by atomic mass is 32.2.